The molecule has 86 valence electrons. The molecule has 0 atom stereocenters. The molecule has 0 amide bonds. The number of carboxylic acid groups (broad SMARTS) is 1. The first-order valence-electron chi connectivity index (χ1n) is 4.86. The number of hydrogen-bond acceptors (Lipinski definition) is 4. The third-order valence-corrected chi connectivity index (χ3v) is 2.71. The Kier molecular flexibility index (Phi) is 2.31. The van der Waals surface area contributed by atoms with Crippen molar-refractivity contribution in [2.75, 3.05) is 0 Å². The van der Waals surface area contributed by atoms with E-state index in [-0.39, 0.29) is 24.6 Å². The summed E-state index contributed by atoms with van der Waals surface area (Å²) in [6.07, 6.45) is 0. The maximum Gasteiger partial charge on any atom is 0.316 e. The minimum Gasteiger partial charge on any atom is -0.481 e. The van der Waals surface area contributed by atoms with E-state index >= 15 is 0 Å². The van der Waals surface area contributed by atoms with Gasteiger partial charge >= 0.3 is 5.97 Å². The minimum absolute atomic E-state index is 0.161. The predicted molar refractivity (Wildman–Crippen MR) is 54.0 cm³/mol. The van der Waals surface area contributed by atoms with Crippen LogP contribution in [0.25, 0.3) is 0 Å². The molecule has 0 spiro atoms. The second-order valence-corrected chi connectivity index (χ2v) is 4.26. The summed E-state index contributed by atoms with van der Waals surface area (Å²) in [4.78, 5) is 29.3. The molecule has 1 aliphatic heterocycles. The lowest BCUT2D eigenvalue weighted by Gasteiger charge is -2.18. The van der Waals surface area contributed by atoms with Gasteiger partial charge in [0.05, 0.1) is 24.5 Å². The molecule has 0 radical (unpaired) electrons. The highest BCUT2D eigenvalue weighted by atomic mass is 16.5. The lowest BCUT2D eigenvalue weighted by molar-refractivity contribution is -0.142. The smallest absolute Gasteiger partial charge is 0.316 e. The Morgan fingerprint density at radius 2 is 2.19 bits per heavy atom. The Balaban J connectivity index is 2.57. The number of fused-ring (bicyclic) bond motifs is 1. The van der Waals surface area contributed by atoms with Crippen molar-refractivity contribution in [3.8, 4) is 0 Å². The molecule has 6 nitrogen and oxygen atoms in total. The molecule has 0 aromatic carbocycles. The summed E-state index contributed by atoms with van der Waals surface area (Å²) in [5.41, 5.74) is -0.499. The zero-order valence-corrected chi connectivity index (χ0v) is 9.03. The van der Waals surface area contributed by atoms with E-state index in [2.05, 4.69) is 9.97 Å². The van der Waals surface area contributed by atoms with Gasteiger partial charge in [-0.2, -0.15) is 0 Å². The van der Waals surface area contributed by atoms with Crippen molar-refractivity contribution in [2.24, 2.45) is 0 Å². The van der Waals surface area contributed by atoms with Gasteiger partial charge in [-0.15, -0.1) is 0 Å². The lowest BCUT2D eigenvalue weighted by atomic mass is 9.92. The van der Waals surface area contributed by atoms with Crippen LogP contribution in [0.3, 0.4) is 0 Å². The van der Waals surface area contributed by atoms with Gasteiger partial charge in [0.15, 0.2) is 0 Å². The molecule has 0 unspecified atom stereocenters. The quantitative estimate of drug-likeness (QED) is 0.746. The van der Waals surface area contributed by atoms with E-state index < -0.39 is 11.4 Å². The first-order chi connectivity index (χ1) is 7.43. The normalized spacial score (nSPS) is 14.9. The van der Waals surface area contributed by atoms with Gasteiger partial charge in [-0.1, -0.05) is 0 Å². The van der Waals surface area contributed by atoms with Crippen LogP contribution >= 0.6 is 0 Å². The van der Waals surface area contributed by atoms with Crippen LogP contribution in [0.2, 0.25) is 0 Å². The standard InChI is InChI=1S/C10H12N2O4/c1-10(2,9(14)15)8-11-6-4-16-3-5(6)7(13)12-8/h3-4H2,1-2H3,(H,14,15)(H,11,12,13). The summed E-state index contributed by atoms with van der Waals surface area (Å²) in [7, 11) is 0. The minimum atomic E-state index is -1.21. The molecule has 2 N–H and O–H groups in total. The van der Waals surface area contributed by atoms with Crippen molar-refractivity contribution in [1.29, 1.82) is 0 Å². The van der Waals surface area contributed by atoms with Crippen LogP contribution in [0.1, 0.15) is 30.9 Å². The van der Waals surface area contributed by atoms with Crippen molar-refractivity contribution in [3.05, 3.63) is 27.4 Å². The molecule has 0 saturated heterocycles. The molecule has 1 aromatic heterocycles. The van der Waals surface area contributed by atoms with E-state index in [4.69, 9.17) is 9.84 Å². The molecular formula is C10H12N2O4. The fourth-order valence-electron chi connectivity index (χ4n) is 1.46. The van der Waals surface area contributed by atoms with Crippen LogP contribution in [0, 0.1) is 0 Å². The Morgan fingerprint density at radius 3 is 2.81 bits per heavy atom. The lowest BCUT2D eigenvalue weighted by Crippen LogP contribution is -2.34. The number of nitrogens with one attached hydrogen (secondary N) is 1. The summed E-state index contributed by atoms with van der Waals surface area (Å²) < 4.78 is 5.09. The maximum atomic E-state index is 11.6. The second kappa shape index (κ2) is 3.41. The van der Waals surface area contributed by atoms with E-state index in [1.54, 1.807) is 0 Å². The number of carboxylic acids is 1. The van der Waals surface area contributed by atoms with Gasteiger partial charge in [-0.05, 0) is 13.8 Å². The second-order valence-electron chi connectivity index (χ2n) is 4.26. The summed E-state index contributed by atoms with van der Waals surface area (Å²) >= 11 is 0. The number of rotatable bonds is 2. The summed E-state index contributed by atoms with van der Waals surface area (Å²) in [5.74, 6) is -0.872. The number of aromatic amines is 1. The highest BCUT2D eigenvalue weighted by Gasteiger charge is 2.33. The largest absolute Gasteiger partial charge is 0.481 e. The monoisotopic (exact) mass is 224 g/mol. The van der Waals surface area contributed by atoms with Crippen molar-refractivity contribution in [2.45, 2.75) is 32.5 Å². The van der Waals surface area contributed by atoms with Gasteiger partial charge in [0.2, 0.25) is 0 Å². The van der Waals surface area contributed by atoms with Crippen LogP contribution in [0.15, 0.2) is 4.79 Å². The van der Waals surface area contributed by atoms with E-state index in [0.29, 0.717) is 11.3 Å². The fourth-order valence-corrected chi connectivity index (χ4v) is 1.46. The molecule has 0 bridgehead atoms. The molecule has 1 aromatic rings. The van der Waals surface area contributed by atoms with Crippen molar-refractivity contribution in [3.63, 3.8) is 0 Å². The van der Waals surface area contributed by atoms with Gasteiger partial charge in [0.25, 0.3) is 5.56 Å². The molecule has 16 heavy (non-hydrogen) atoms. The third kappa shape index (κ3) is 1.51. The summed E-state index contributed by atoms with van der Waals surface area (Å²) in [6.45, 7) is 3.50. The van der Waals surface area contributed by atoms with Crippen LogP contribution in [-0.2, 0) is 28.2 Å². The molecule has 0 fully saturated rings. The highest BCUT2D eigenvalue weighted by Crippen LogP contribution is 2.21. The van der Waals surface area contributed by atoms with Gasteiger partial charge < -0.3 is 14.8 Å². The molecule has 1 aliphatic rings. The SMILES string of the molecule is CC(C)(C(=O)O)c1nc2c(c(=O)[nH]1)COC2. The van der Waals surface area contributed by atoms with Gasteiger partial charge in [-0.25, -0.2) is 4.98 Å². The van der Waals surface area contributed by atoms with Gasteiger partial charge in [0, 0.05) is 0 Å². The van der Waals surface area contributed by atoms with Crippen molar-refractivity contribution < 1.29 is 14.6 Å². The van der Waals surface area contributed by atoms with Gasteiger partial charge in [-0.3, -0.25) is 9.59 Å². The number of H-pyrrole nitrogens is 1. The summed E-state index contributed by atoms with van der Waals surface area (Å²) in [5, 5.41) is 9.04. The average molecular weight is 224 g/mol. The number of aromatic nitrogens is 2. The first kappa shape index (κ1) is 10.8. The zero-order chi connectivity index (χ0) is 11.9. The van der Waals surface area contributed by atoms with E-state index in [0.717, 1.165) is 0 Å². The number of aliphatic carboxylic acids is 1. The Bertz CT molecular complexity index is 504. The molecular weight excluding hydrogens is 212 g/mol. The Labute approximate surface area is 91.3 Å². The Hall–Kier alpha value is -1.69. The topological polar surface area (TPSA) is 92.3 Å². The third-order valence-electron chi connectivity index (χ3n) is 2.71. The molecule has 0 saturated carbocycles. The molecule has 0 aliphatic carbocycles. The average Bonchev–Trinajstić information content (AvgIpc) is 2.65. The van der Waals surface area contributed by atoms with Crippen LogP contribution in [0.4, 0.5) is 0 Å². The van der Waals surface area contributed by atoms with Crippen LogP contribution in [0.5, 0.6) is 0 Å². The number of ether oxygens (including phenoxy) is 1. The number of nitrogens with zero attached hydrogens (tertiary/aromatic N) is 1. The molecule has 6 heteroatoms. The first-order valence-corrected chi connectivity index (χ1v) is 4.86. The highest BCUT2D eigenvalue weighted by molar-refractivity contribution is 5.78. The number of hydrogen-bond donors (Lipinski definition) is 2. The fraction of sp³-hybridized carbons (Fsp3) is 0.500. The molecule has 2 heterocycles. The number of carbonyl (C=O) groups is 1. The van der Waals surface area contributed by atoms with Crippen LogP contribution in [-0.4, -0.2) is 21.0 Å². The zero-order valence-electron chi connectivity index (χ0n) is 9.03. The van der Waals surface area contributed by atoms with Crippen LogP contribution < -0.4 is 5.56 Å². The maximum absolute atomic E-state index is 11.6. The molecule has 2 rings (SSSR count). The van der Waals surface area contributed by atoms with Gasteiger partial charge in [0.1, 0.15) is 11.2 Å². The van der Waals surface area contributed by atoms with E-state index in [9.17, 15) is 9.59 Å². The van der Waals surface area contributed by atoms with E-state index in [1.807, 2.05) is 0 Å². The predicted octanol–water partition coefficient (Wildman–Crippen LogP) is 0.162. The Morgan fingerprint density at radius 1 is 1.50 bits per heavy atom. The van der Waals surface area contributed by atoms with Crippen molar-refractivity contribution in [1.82, 2.24) is 9.97 Å². The van der Waals surface area contributed by atoms with Crippen molar-refractivity contribution >= 4 is 5.97 Å². The van der Waals surface area contributed by atoms with E-state index in [1.165, 1.54) is 13.8 Å². The summed E-state index contributed by atoms with van der Waals surface area (Å²) in [6, 6.07) is 0.